The molecule has 0 N–H and O–H groups in total. The van der Waals surface area contributed by atoms with Crippen molar-refractivity contribution in [2.45, 2.75) is 32.3 Å². The number of benzene rings is 2. The number of rotatable bonds is 5. The lowest BCUT2D eigenvalue weighted by molar-refractivity contribution is -0.118. The molecule has 1 unspecified atom stereocenters. The Balaban J connectivity index is 1.66. The number of aryl methyl sites for hydroxylation is 1. The standard InChI is InChI=1S/C21H21ClN2O2S/c1-14-10-16(22)12-18-20(14)23-21(27-18)24(13-17-8-5-9-26-17)19(25)11-15-6-3-2-4-7-15/h2-4,6-7,10,12,17H,5,8-9,11,13H2,1H3. The van der Waals surface area contributed by atoms with Crippen LogP contribution in [0.15, 0.2) is 42.5 Å². The third-order valence-electron chi connectivity index (χ3n) is 4.78. The largest absolute Gasteiger partial charge is 0.376 e. The van der Waals surface area contributed by atoms with Crippen molar-refractivity contribution in [3.8, 4) is 0 Å². The Morgan fingerprint density at radius 1 is 1.33 bits per heavy atom. The summed E-state index contributed by atoms with van der Waals surface area (Å²) in [6.07, 6.45) is 2.44. The number of ether oxygens (including phenoxy) is 1. The van der Waals surface area contributed by atoms with E-state index in [1.165, 1.54) is 11.3 Å². The molecule has 2 heterocycles. The van der Waals surface area contributed by atoms with Gasteiger partial charge in [0.1, 0.15) is 0 Å². The summed E-state index contributed by atoms with van der Waals surface area (Å²) in [6, 6.07) is 13.6. The first-order valence-electron chi connectivity index (χ1n) is 9.13. The fourth-order valence-corrected chi connectivity index (χ4v) is 4.85. The molecule has 1 saturated heterocycles. The molecule has 4 rings (SSSR count). The van der Waals surface area contributed by atoms with Gasteiger partial charge in [0.15, 0.2) is 5.13 Å². The monoisotopic (exact) mass is 400 g/mol. The Bertz CT molecular complexity index is 951. The fraction of sp³-hybridized carbons (Fsp3) is 0.333. The molecule has 0 aliphatic carbocycles. The van der Waals surface area contributed by atoms with E-state index in [1.807, 2.05) is 49.4 Å². The molecule has 1 aliphatic heterocycles. The first-order valence-corrected chi connectivity index (χ1v) is 10.3. The fourth-order valence-electron chi connectivity index (χ4n) is 3.40. The van der Waals surface area contributed by atoms with Crippen molar-refractivity contribution in [1.82, 2.24) is 4.98 Å². The Morgan fingerprint density at radius 2 is 2.15 bits per heavy atom. The molecule has 6 heteroatoms. The molecule has 1 aromatic heterocycles. The number of halogens is 1. The van der Waals surface area contributed by atoms with Crippen LogP contribution < -0.4 is 4.90 Å². The highest BCUT2D eigenvalue weighted by atomic mass is 35.5. The average Bonchev–Trinajstić information content (AvgIpc) is 3.29. The van der Waals surface area contributed by atoms with Crippen LogP contribution in [0.3, 0.4) is 0 Å². The van der Waals surface area contributed by atoms with Gasteiger partial charge in [0, 0.05) is 11.6 Å². The zero-order chi connectivity index (χ0) is 18.8. The smallest absolute Gasteiger partial charge is 0.233 e. The maximum Gasteiger partial charge on any atom is 0.233 e. The van der Waals surface area contributed by atoms with Crippen LogP contribution in [0.2, 0.25) is 5.02 Å². The van der Waals surface area contributed by atoms with Crippen LogP contribution in [0.5, 0.6) is 0 Å². The van der Waals surface area contributed by atoms with E-state index in [4.69, 9.17) is 21.3 Å². The van der Waals surface area contributed by atoms with E-state index in [-0.39, 0.29) is 12.0 Å². The summed E-state index contributed by atoms with van der Waals surface area (Å²) in [5, 5.41) is 1.41. The topological polar surface area (TPSA) is 42.4 Å². The zero-order valence-electron chi connectivity index (χ0n) is 15.2. The predicted molar refractivity (Wildman–Crippen MR) is 111 cm³/mol. The number of thiazole rings is 1. The molecule has 4 nitrogen and oxygen atoms in total. The van der Waals surface area contributed by atoms with Crippen molar-refractivity contribution in [3.05, 3.63) is 58.6 Å². The van der Waals surface area contributed by atoms with Crippen LogP contribution in [-0.2, 0) is 16.0 Å². The number of hydrogen-bond acceptors (Lipinski definition) is 4. The van der Waals surface area contributed by atoms with Gasteiger partial charge in [-0.3, -0.25) is 9.69 Å². The van der Waals surface area contributed by atoms with E-state index in [2.05, 4.69) is 0 Å². The molecule has 1 amide bonds. The average molecular weight is 401 g/mol. The van der Waals surface area contributed by atoms with E-state index < -0.39 is 0 Å². The summed E-state index contributed by atoms with van der Waals surface area (Å²) < 4.78 is 6.78. The molecule has 2 aromatic carbocycles. The molecule has 1 fully saturated rings. The van der Waals surface area contributed by atoms with Crippen LogP contribution in [0.4, 0.5) is 5.13 Å². The third kappa shape index (κ3) is 4.15. The molecule has 0 spiro atoms. The van der Waals surface area contributed by atoms with Crippen molar-refractivity contribution in [1.29, 1.82) is 0 Å². The summed E-state index contributed by atoms with van der Waals surface area (Å²) in [6.45, 7) is 3.30. The van der Waals surface area contributed by atoms with Crippen molar-refractivity contribution in [2.24, 2.45) is 0 Å². The Hall–Kier alpha value is -1.95. The highest BCUT2D eigenvalue weighted by Crippen LogP contribution is 2.34. The Labute approximate surface area is 167 Å². The first kappa shape index (κ1) is 18.4. The highest BCUT2D eigenvalue weighted by molar-refractivity contribution is 7.22. The molecule has 0 bridgehead atoms. The molecule has 27 heavy (non-hydrogen) atoms. The van der Waals surface area contributed by atoms with Gasteiger partial charge in [-0.15, -0.1) is 0 Å². The summed E-state index contributed by atoms with van der Waals surface area (Å²) >= 11 is 7.71. The lowest BCUT2D eigenvalue weighted by Crippen LogP contribution is -2.38. The van der Waals surface area contributed by atoms with E-state index >= 15 is 0 Å². The predicted octanol–water partition coefficient (Wildman–Crippen LogP) is 5.01. The SMILES string of the molecule is Cc1cc(Cl)cc2sc(N(CC3CCCO3)C(=O)Cc3ccccc3)nc12. The molecule has 0 radical (unpaired) electrons. The molecule has 140 valence electrons. The van der Waals surface area contributed by atoms with Gasteiger partial charge < -0.3 is 4.74 Å². The quantitative estimate of drug-likeness (QED) is 0.604. The van der Waals surface area contributed by atoms with Crippen molar-refractivity contribution < 1.29 is 9.53 Å². The van der Waals surface area contributed by atoms with Crippen molar-refractivity contribution >= 4 is 44.2 Å². The van der Waals surface area contributed by atoms with Crippen molar-refractivity contribution in [2.75, 3.05) is 18.1 Å². The van der Waals surface area contributed by atoms with Crippen LogP contribution in [0, 0.1) is 6.92 Å². The number of aromatic nitrogens is 1. The van der Waals surface area contributed by atoms with Gasteiger partial charge in [-0.1, -0.05) is 53.3 Å². The first-order chi connectivity index (χ1) is 13.1. The molecular weight excluding hydrogens is 380 g/mol. The number of amides is 1. The third-order valence-corrected chi connectivity index (χ3v) is 6.02. The summed E-state index contributed by atoms with van der Waals surface area (Å²) in [4.78, 5) is 19.7. The number of anilines is 1. The summed E-state index contributed by atoms with van der Waals surface area (Å²) in [5.41, 5.74) is 2.93. The number of hydrogen-bond donors (Lipinski definition) is 0. The van der Waals surface area contributed by atoms with Gasteiger partial charge in [-0.25, -0.2) is 4.98 Å². The zero-order valence-corrected chi connectivity index (χ0v) is 16.7. The van der Waals surface area contributed by atoms with Crippen LogP contribution in [-0.4, -0.2) is 30.1 Å². The molecular formula is C21H21ClN2O2S. The number of carbonyl (C=O) groups is 1. The molecule has 1 aliphatic rings. The molecule has 3 aromatic rings. The minimum Gasteiger partial charge on any atom is -0.376 e. The van der Waals surface area contributed by atoms with Crippen LogP contribution in [0.1, 0.15) is 24.0 Å². The van der Waals surface area contributed by atoms with Crippen LogP contribution in [0.25, 0.3) is 10.2 Å². The normalized spacial score (nSPS) is 16.7. The summed E-state index contributed by atoms with van der Waals surface area (Å²) in [5.74, 6) is 0.0412. The maximum atomic E-state index is 13.1. The van der Waals surface area contributed by atoms with Crippen molar-refractivity contribution in [3.63, 3.8) is 0 Å². The maximum absolute atomic E-state index is 13.1. The van der Waals surface area contributed by atoms with Gasteiger partial charge in [0.25, 0.3) is 0 Å². The second-order valence-electron chi connectivity index (χ2n) is 6.87. The minimum absolute atomic E-state index is 0.0412. The number of fused-ring (bicyclic) bond motifs is 1. The van der Waals surface area contributed by atoms with Gasteiger partial charge in [0.05, 0.1) is 29.3 Å². The Kier molecular flexibility index (Phi) is 5.43. The molecule has 0 saturated carbocycles. The van der Waals surface area contributed by atoms with E-state index in [9.17, 15) is 4.79 Å². The van der Waals surface area contributed by atoms with Gasteiger partial charge in [-0.05, 0) is 43.0 Å². The highest BCUT2D eigenvalue weighted by Gasteiger charge is 2.26. The van der Waals surface area contributed by atoms with Gasteiger partial charge >= 0.3 is 0 Å². The number of carbonyl (C=O) groups excluding carboxylic acids is 1. The van der Waals surface area contributed by atoms with Gasteiger partial charge in [0.2, 0.25) is 5.91 Å². The lowest BCUT2D eigenvalue weighted by Gasteiger charge is -2.23. The Morgan fingerprint density at radius 3 is 2.89 bits per heavy atom. The lowest BCUT2D eigenvalue weighted by atomic mass is 10.1. The second kappa shape index (κ2) is 7.97. The molecule has 1 atom stereocenters. The number of nitrogens with zero attached hydrogens (tertiary/aromatic N) is 2. The van der Waals surface area contributed by atoms with Crippen LogP contribution >= 0.6 is 22.9 Å². The van der Waals surface area contributed by atoms with E-state index in [0.717, 1.165) is 40.8 Å². The summed E-state index contributed by atoms with van der Waals surface area (Å²) in [7, 11) is 0. The van der Waals surface area contributed by atoms with E-state index in [1.54, 1.807) is 4.90 Å². The van der Waals surface area contributed by atoms with E-state index in [0.29, 0.717) is 23.1 Å². The second-order valence-corrected chi connectivity index (χ2v) is 8.31. The minimum atomic E-state index is 0.0412. The van der Waals surface area contributed by atoms with Gasteiger partial charge in [-0.2, -0.15) is 0 Å².